The van der Waals surface area contributed by atoms with Crippen molar-refractivity contribution in [2.45, 2.75) is 70.1 Å². The number of aromatic nitrogens is 1. The van der Waals surface area contributed by atoms with Crippen LogP contribution in [0.3, 0.4) is 0 Å². The molecule has 0 amide bonds. The van der Waals surface area contributed by atoms with Crippen LogP contribution >= 0.6 is 0 Å². The van der Waals surface area contributed by atoms with Crippen molar-refractivity contribution in [2.75, 3.05) is 25.0 Å². The Morgan fingerprint density at radius 3 is 2.63 bits per heavy atom. The molecule has 3 fully saturated rings. The Morgan fingerprint density at radius 1 is 1.22 bits per heavy atom. The van der Waals surface area contributed by atoms with Crippen LogP contribution in [0.5, 0.6) is 0 Å². The maximum Gasteiger partial charge on any atom is 0.191 e. The first-order chi connectivity index (χ1) is 13.1. The van der Waals surface area contributed by atoms with E-state index < -0.39 is 0 Å². The van der Waals surface area contributed by atoms with Crippen LogP contribution in [-0.4, -0.2) is 61.5 Å². The summed E-state index contributed by atoms with van der Waals surface area (Å²) in [6.45, 7) is 6.69. The Kier molecular flexibility index (Phi) is 5.50. The molecule has 0 saturated carbocycles. The van der Waals surface area contributed by atoms with E-state index in [1.807, 2.05) is 13.2 Å². The molecule has 4 rings (SSSR count). The Morgan fingerprint density at radius 2 is 2.04 bits per heavy atom. The molecule has 5 atom stereocenters. The molecule has 3 saturated heterocycles. The second-order valence-electron chi connectivity index (χ2n) is 7.97. The molecule has 4 heterocycles. The van der Waals surface area contributed by atoms with Gasteiger partial charge < -0.3 is 25.0 Å². The molecule has 7 nitrogen and oxygen atoms in total. The number of anilines is 1. The van der Waals surface area contributed by atoms with E-state index in [-0.39, 0.29) is 12.2 Å². The highest BCUT2D eigenvalue weighted by molar-refractivity contribution is 5.80. The first-order valence-corrected chi connectivity index (χ1v) is 10.1. The third-order valence-corrected chi connectivity index (χ3v) is 5.66. The zero-order valence-electron chi connectivity index (χ0n) is 16.5. The van der Waals surface area contributed by atoms with Crippen LogP contribution < -0.4 is 15.5 Å². The molecular formula is C20H31N5O2. The van der Waals surface area contributed by atoms with Crippen molar-refractivity contribution in [3.63, 3.8) is 0 Å². The Balaban J connectivity index is 1.29. The van der Waals surface area contributed by atoms with Crippen molar-refractivity contribution in [3.05, 3.63) is 23.9 Å². The van der Waals surface area contributed by atoms with Gasteiger partial charge in [0, 0.05) is 32.9 Å². The summed E-state index contributed by atoms with van der Waals surface area (Å²) in [6.07, 6.45) is 6.64. The van der Waals surface area contributed by atoms with Gasteiger partial charge in [-0.2, -0.15) is 0 Å². The van der Waals surface area contributed by atoms with Crippen LogP contribution in [0.15, 0.2) is 23.3 Å². The van der Waals surface area contributed by atoms with E-state index in [0.717, 1.165) is 43.3 Å². The lowest BCUT2D eigenvalue weighted by atomic mass is 9.96. The Hall–Kier alpha value is -1.86. The van der Waals surface area contributed by atoms with Gasteiger partial charge in [-0.3, -0.25) is 4.99 Å². The van der Waals surface area contributed by atoms with Crippen LogP contribution in [0.4, 0.5) is 5.82 Å². The fraction of sp³-hybridized carbons (Fsp3) is 0.700. The minimum absolute atomic E-state index is 0.237. The van der Waals surface area contributed by atoms with Crippen LogP contribution in [0.25, 0.3) is 0 Å². The van der Waals surface area contributed by atoms with Gasteiger partial charge in [0.25, 0.3) is 0 Å². The average molecular weight is 374 g/mol. The molecule has 7 heteroatoms. The third kappa shape index (κ3) is 4.35. The number of fused-ring (bicyclic) bond motifs is 2. The molecule has 0 radical (unpaired) electrons. The number of morpholine rings is 1. The highest BCUT2D eigenvalue weighted by Gasteiger charge is 2.41. The second-order valence-corrected chi connectivity index (χ2v) is 7.97. The standard InChI is InChI=1S/C20H31N5O2/c1-13-11-25(12-14(2)26-13)19-7-4-15(9-22-19)10-23-20(21-3)24-17-8-16-5-6-18(17)27-16/h4,7,9,13-14,16-18H,5-6,8,10-12H2,1-3H3,(H2,21,23,24). The number of guanidine groups is 1. The minimum Gasteiger partial charge on any atom is -0.373 e. The second kappa shape index (κ2) is 8.02. The predicted octanol–water partition coefficient (Wildman–Crippen LogP) is 1.68. The van der Waals surface area contributed by atoms with E-state index in [1.54, 1.807) is 0 Å². The highest BCUT2D eigenvalue weighted by Crippen LogP contribution is 2.34. The van der Waals surface area contributed by atoms with Crippen LogP contribution in [0, 0.1) is 0 Å². The molecule has 2 bridgehead atoms. The summed E-state index contributed by atoms with van der Waals surface area (Å²) >= 11 is 0. The number of nitrogens with one attached hydrogen (secondary N) is 2. The summed E-state index contributed by atoms with van der Waals surface area (Å²) in [5, 5.41) is 6.91. The summed E-state index contributed by atoms with van der Waals surface area (Å²) in [5.74, 6) is 1.85. The summed E-state index contributed by atoms with van der Waals surface area (Å²) < 4.78 is 11.7. The molecule has 0 spiro atoms. The number of ether oxygens (including phenoxy) is 2. The monoisotopic (exact) mass is 373 g/mol. The maximum atomic E-state index is 5.91. The van der Waals surface area contributed by atoms with Gasteiger partial charge in [0.15, 0.2) is 5.96 Å². The molecular weight excluding hydrogens is 342 g/mol. The number of aliphatic imine (C=N–C) groups is 1. The van der Waals surface area contributed by atoms with Crippen LogP contribution in [0.1, 0.15) is 38.7 Å². The summed E-state index contributed by atoms with van der Waals surface area (Å²) in [4.78, 5) is 11.3. The molecule has 3 aliphatic rings. The van der Waals surface area contributed by atoms with Crippen molar-refractivity contribution in [1.82, 2.24) is 15.6 Å². The van der Waals surface area contributed by atoms with Gasteiger partial charge in [-0.25, -0.2) is 4.98 Å². The lowest BCUT2D eigenvalue weighted by Crippen LogP contribution is -2.47. The van der Waals surface area contributed by atoms with Crippen LogP contribution in [0.2, 0.25) is 0 Å². The lowest BCUT2D eigenvalue weighted by molar-refractivity contribution is -0.00545. The highest BCUT2D eigenvalue weighted by atomic mass is 16.5. The predicted molar refractivity (Wildman–Crippen MR) is 106 cm³/mol. The summed E-state index contributed by atoms with van der Waals surface area (Å²) in [5.41, 5.74) is 1.14. The molecule has 2 N–H and O–H groups in total. The van der Waals surface area contributed by atoms with Gasteiger partial charge in [0.1, 0.15) is 5.82 Å². The lowest BCUT2D eigenvalue weighted by Gasteiger charge is -2.36. The fourth-order valence-corrected chi connectivity index (χ4v) is 4.42. The molecule has 3 aliphatic heterocycles. The molecule has 5 unspecified atom stereocenters. The van der Waals surface area contributed by atoms with E-state index in [2.05, 4.69) is 51.5 Å². The summed E-state index contributed by atoms with van der Waals surface area (Å²) in [6, 6.07) is 4.61. The summed E-state index contributed by atoms with van der Waals surface area (Å²) in [7, 11) is 1.81. The van der Waals surface area contributed by atoms with Crippen molar-refractivity contribution < 1.29 is 9.47 Å². The third-order valence-electron chi connectivity index (χ3n) is 5.66. The number of nitrogens with zero attached hydrogens (tertiary/aromatic N) is 3. The number of rotatable bonds is 4. The molecule has 1 aromatic heterocycles. The molecule has 148 valence electrons. The van der Waals surface area contributed by atoms with Crippen LogP contribution in [-0.2, 0) is 16.0 Å². The number of hydrogen-bond donors (Lipinski definition) is 2. The first-order valence-electron chi connectivity index (χ1n) is 10.1. The Bertz CT molecular complexity index is 655. The van der Waals surface area contributed by atoms with Gasteiger partial charge in [-0.1, -0.05) is 6.07 Å². The van der Waals surface area contributed by atoms with E-state index >= 15 is 0 Å². The smallest absolute Gasteiger partial charge is 0.191 e. The Labute approximate surface area is 161 Å². The van der Waals surface area contributed by atoms with Crippen molar-refractivity contribution in [2.24, 2.45) is 4.99 Å². The molecule has 0 aromatic carbocycles. The normalized spacial score (nSPS) is 33.4. The van der Waals surface area contributed by atoms with E-state index in [1.165, 1.54) is 6.42 Å². The fourth-order valence-electron chi connectivity index (χ4n) is 4.42. The topological polar surface area (TPSA) is 71.0 Å². The quantitative estimate of drug-likeness (QED) is 0.618. The molecule has 27 heavy (non-hydrogen) atoms. The number of pyridine rings is 1. The van der Waals surface area contributed by atoms with Crippen molar-refractivity contribution >= 4 is 11.8 Å². The van der Waals surface area contributed by atoms with Crippen molar-refractivity contribution in [3.8, 4) is 0 Å². The minimum atomic E-state index is 0.237. The zero-order valence-corrected chi connectivity index (χ0v) is 16.5. The van der Waals surface area contributed by atoms with E-state index in [4.69, 9.17) is 9.47 Å². The largest absolute Gasteiger partial charge is 0.373 e. The van der Waals surface area contributed by atoms with E-state index in [0.29, 0.717) is 24.8 Å². The van der Waals surface area contributed by atoms with Gasteiger partial charge >= 0.3 is 0 Å². The molecule has 0 aliphatic carbocycles. The number of hydrogen-bond acceptors (Lipinski definition) is 5. The van der Waals surface area contributed by atoms with E-state index in [9.17, 15) is 0 Å². The first kappa shape index (κ1) is 18.5. The van der Waals surface area contributed by atoms with Gasteiger partial charge in [-0.05, 0) is 44.7 Å². The van der Waals surface area contributed by atoms with Gasteiger partial charge in [0.2, 0.25) is 0 Å². The zero-order chi connectivity index (χ0) is 18.8. The average Bonchev–Trinajstić information content (AvgIpc) is 3.28. The van der Waals surface area contributed by atoms with Gasteiger partial charge in [0.05, 0.1) is 30.5 Å². The molecule has 1 aromatic rings. The maximum absolute atomic E-state index is 5.91. The van der Waals surface area contributed by atoms with Crippen molar-refractivity contribution in [1.29, 1.82) is 0 Å². The SMILES string of the molecule is CN=C(NCc1ccc(N2CC(C)OC(C)C2)nc1)NC1CC2CCC1O2. The van der Waals surface area contributed by atoms with Gasteiger partial charge in [-0.15, -0.1) is 0 Å².